The van der Waals surface area contributed by atoms with E-state index >= 15 is 0 Å². The second-order valence-electron chi connectivity index (χ2n) is 11.2. The number of hydrogen-bond acceptors (Lipinski definition) is 2. The average Bonchev–Trinajstić information content (AvgIpc) is 3.53. The molecule has 1 heterocycles. The standard InChI is InChI=1S/3C9H13.C4H4N2.Ce/c3*1-9(2,3)8-6-4-5-7-8;1-2-4-6-5-3-1;/h3*4-7H,1-3H3;1-4H;/q3*-1;;+3. The molecule has 2 nitrogen and oxygen atoms in total. The molecule has 0 atom stereocenters. The van der Waals surface area contributed by atoms with Crippen molar-refractivity contribution in [3.8, 4) is 0 Å². The molecule has 3 aromatic carbocycles. The summed E-state index contributed by atoms with van der Waals surface area (Å²) in [7, 11) is 0. The zero-order valence-corrected chi connectivity index (χ0v) is 25.8. The van der Waals surface area contributed by atoms with Crippen molar-refractivity contribution in [3.63, 3.8) is 0 Å². The largest absolute Gasteiger partial charge is 3.00 e. The van der Waals surface area contributed by atoms with Crippen LogP contribution < -0.4 is 0 Å². The normalized spacial score (nSPS) is 10.9. The fraction of sp³-hybridized carbons (Fsp3) is 0.387. The molecular weight excluding hydrogens is 540 g/mol. The molecule has 0 fully saturated rings. The zero-order chi connectivity index (χ0) is 25.0. The van der Waals surface area contributed by atoms with Crippen LogP contribution in [0, 0.1) is 41.7 Å². The van der Waals surface area contributed by atoms with Crippen LogP contribution >= 0.6 is 0 Å². The first kappa shape index (κ1) is 32.5. The van der Waals surface area contributed by atoms with Crippen molar-refractivity contribution in [1.82, 2.24) is 10.2 Å². The number of nitrogens with zero attached hydrogens (tertiary/aromatic N) is 2. The Kier molecular flexibility index (Phi) is 14.8. The Morgan fingerprint density at radius 2 is 0.971 bits per heavy atom. The fourth-order valence-corrected chi connectivity index (χ4v) is 2.88. The monoisotopic (exact) mass is 583 g/mol. The summed E-state index contributed by atoms with van der Waals surface area (Å²) in [5.74, 6) is 0. The van der Waals surface area contributed by atoms with E-state index in [1.54, 1.807) is 12.4 Å². The van der Waals surface area contributed by atoms with E-state index in [1.807, 2.05) is 12.1 Å². The van der Waals surface area contributed by atoms with Gasteiger partial charge < -0.3 is 0 Å². The average molecular weight is 584 g/mol. The molecule has 0 aliphatic rings. The van der Waals surface area contributed by atoms with Crippen molar-refractivity contribution in [2.75, 3.05) is 0 Å². The van der Waals surface area contributed by atoms with E-state index in [0.29, 0.717) is 16.2 Å². The van der Waals surface area contributed by atoms with E-state index in [0.717, 1.165) is 0 Å². The minimum Gasteiger partial charge on any atom is -0.213 e. The van der Waals surface area contributed by atoms with Gasteiger partial charge in [0.1, 0.15) is 0 Å². The van der Waals surface area contributed by atoms with Crippen LogP contribution in [0.2, 0.25) is 0 Å². The van der Waals surface area contributed by atoms with E-state index in [9.17, 15) is 0 Å². The van der Waals surface area contributed by atoms with Gasteiger partial charge in [-0.1, -0.05) is 67.7 Å². The quantitative estimate of drug-likeness (QED) is 0.194. The second kappa shape index (κ2) is 15.5. The molecule has 1 radical (unpaired) electrons. The van der Waals surface area contributed by atoms with Gasteiger partial charge in [-0.15, -0.1) is 0 Å². The van der Waals surface area contributed by atoms with Crippen LogP contribution in [-0.2, 0) is 16.2 Å². The summed E-state index contributed by atoms with van der Waals surface area (Å²) in [6.07, 6.45) is 3.28. The summed E-state index contributed by atoms with van der Waals surface area (Å²) < 4.78 is 0. The molecule has 0 saturated heterocycles. The molecule has 0 unspecified atom stereocenters. The van der Waals surface area contributed by atoms with Gasteiger partial charge in [-0.3, -0.25) is 0 Å². The summed E-state index contributed by atoms with van der Waals surface area (Å²) >= 11 is 0. The molecule has 0 N–H and O–H groups in total. The molecule has 0 aliphatic heterocycles. The molecule has 0 amide bonds. The van der Waals surface area contributed by atoms with Crippen LogP contribution in [0.3, 0.4) is 0 Å². The summed E-state index contributed by atoms with van der Waals surface area (Å²) in [5, 5.41) is 7.07. The van der Waals surface area contributed by atoms with Crippen LogP contribution in [0.25, 0.3) is 0 Å². The number of hydrogen-bond donors (Lipinski definition) is 0. The van der Waals surface area contributed by atoms with Gasteiger partial charge in [0.05, 0.1) is 0 Å². The third-order valence-corrected chi connectivity index (χ3v) is 5.07. The fourth-order valence-electron chi connectivity index (χ4n) is 2.88. The Morgan fingerprint density at radius 1 is 0.588 bits per heavy atom. The molecule has 181 valence electrons. The minimum atomic E-state index is 0. The van der Waals surface area contributed by atoms with Crippen LogP contribution in [0.1, 0.15) is 79.0 Å². The molecular formula is C31H43CeN2. The Balaban J connectivity index is 0.000000427. The molecule has 0 spiro atoms. The minimum absolute atomic E-state index is 0. The van der Waals surface area contributed by atoms with E-state index < -0.39 is 0 Å². The first-order valence-corrected chi connectivity index (χ1v) is 11.7. The van der Waals surface area contributed by atoms with Gasteiger partial charge >= 0.3 is 41.7 Å². The summed E-state index contributed by atoms with van der Waals surface area (Å²) in [5.41, 5.74) is 5.23. The molecule has 0 aliphatic carbocycles. The first-order valence-electron chi connectivity index (χ1n) is 11.7. The summed E-state index contributed by atoms with van der Waals surface area (Å²) in [6.45, 7) is 20.0. The third kappa shape index (κ3) is 14.0. The van der Waals surface area contributed by atoms with Gasteiger partial charge in [0, 0.05) is 12.4 Å². The molecule has 4 aromatic rings. The van der Waals surface area contributed by atoms with Gasteiger partial charge in [-0.05, 0) is 23.0 Å². The zero-order valence-electron chi connectivity index (χ0n) is 22.6. The Bertz CT molecular complexity index is 798. The molecule has 4 rings (SSSR count). The number of rotatable bonds is 0. The van der Waals surface area contributed by atoms with Crippen molar-refractivity contribution in [2.24, 2.45) is 0 Å². The van der Waals surface area contributed by atoms with Crippen LogP contribution in [0.15, 0.2) is 97.3 Å². The smallest absolute Gasteiger partial charge is 0.213 e. The topological polar surface area (TPSA) is 25.8 Å². The SMILES string of the molecule is CC(C)(C)[c-]1cccc1.CC(C)(C)c1ccc[cH-]1.CC(C)(C)c1ccc[cH-]1.[Ce+3].c1ccnnc1. The molecule has 1 aromatic heterocycles. The van der Waals surface area contributed by atoms with Crippen LogP contribution in [0.5, 0.6) is 0 Å². The van der Waals surface area contributed by atoms with Gasteiger partial charge in [-0.2, -0.15) is 63.3 Å². The van der Waals surface area contributed by atoms with Crippen molar-refractivity contribution in [2.45, 2.75) is 78.6 Å². The van der Waals surface area contributed by atoms with Gasteiger partial charge in [0.2, 0.25) is 0 Å². The maximum Gasteiger partial charge on any atom is 3.00 e. The predicted octanol–water partition coefficient (Wildman–Crippen LogP) is 8.59. The van der Waals surface area contributed by atoms with Crippen LogP contribution in [-0.4, -0.2) is 10.2 Å². The van der Waals surface area contributed by atoms with Crippen molar-refractivity contribution in [1.29, 1.82) is 0 Å². The first-order chi connectivity index (χ1) is 15.3. The second-order valence-corrected chi connectivity index (χ2v) is 11.2. The number of aromatic nitrogens is 2. The van der Waals surface area contributed by atoms with Gasteiger partial charge in [-0.25, -0.2) is 36.4 Å². The van der Waals surface area contributed by atoms with E-state index in [2.05, 4.69) is 145 Å². The molecule has 0 saturated carbocycles. The molecule has 0 bridgehead atoms. The van der Waals surface area contributed by atoms with Crippen LogP contribution in [0.4, 0.5) is 0 Å². The van der Waals surface area contributed by atoms with Crippen molar-refractivity contribution in [3.05, 3.63) is 114 Å². The Labute approximate surface area is 242 Å². The van der Waals surface area contributed by atoms with Gasteiger partial charge in [0.15, 0.2) is 0 Å². The maximum absolute atomic E-state index is 3.53. The van der Waals surface area contributed by atoms with E-state index in [-0.39, 0.29) is 41.7 Å². The van der Waals surface area contributed by atoms with Crippen molar-refractivity contribution < 1.29 is 41.7 Å². The molecule has 34 heavy (non-hydrogen) atoms. The predicted molar refractivity (Wildman–Crippen MR) is 144 cm³/mol. The van der Waals surface area contributed by atoms with E-state index in [4.69, 9.17) is 0 Å². The maximum atomic E-state index is 3.53. The van der Waals surface area contributed by atoms with E-state index in [1.165, 1.54) is 16.7 Å². The van der Waals surface area contributed by atoms with Gasteiger partial charge in [0.25, 0.3) is 0 Å². The Morgan fingerprint density at radius 3 is 1.12 bits per heavy atom. The third-order valence-electron chi connectivity index (χ3n) is 5.07. The van der Waals surface area contributed by atoms with Crippen molar-refractivity contribution >= 4 is 0 Å². The molecule has 3 heteroatoms. The summed E-state index contributed by atoms with van der Waals surface area (Å²) in [4.78, 5) is 0. The Hall–Kier alpha value is -1.49. The summed E-state index contributed by atoms with van der Waals surface area (Å²) in [6, 6.07) is 29.2.